The second-order valence-corrected chi connectivity index (χ2v) is 2.77. The number of fused-ring (bicyclic) bond motifs is 1. The van der Waals surface area contributed by atoms with Crippen LogP contribution in [0.4, 0.5) is 0 Å². The predicted octanol–water partition coefficient (Wildman–Crippen LogP) is 1.74. The number of aromatic nitrogens is 1. The largest absolute Gasteiger partial charge is 0.508 e. The highest BCUT2D eigenvalue weighted by Crippen LogP contribution is 2.22. The number of benzene rings is 1. The lowest BCUT2D eigenvalue weighted by molar-refractivity contribution is 0.0981. The number of Topliss-reactive ketones (excluding diaryl/α,β-unsaturated/α-hetero) is 1. The predicted molar refractivity (Wildman–Crippen MR) is 45.7 cm³/mol. The molecule has 1 aromatic carbocycles. The summed E-state index contributed by atoms with van der Waals surface area (Å²) < 4.78 is 4.82. The molecular formula is C9H7NO3. The van der Waals surface area contributed by atoms with Crippen molar-refractivity contribution in [3.05, 3.63) is 24.0 Å². The molecule has 13 heavy (non-hydrogen) atoms. The zero-order valence-electron chi connectivity index (χ0n) is 6.94. The van der Waals surface area contributed by atoms with E-state index in [0.717, 1.165) is 0 Å². The van der Waals surface area contributed by atoms with Gasteiger partial charge in [0, 0.05) is 6.92 Å². The number of aromatic hydroxyl groups is 1. The fourth-order valence-electron chi connectivity index (χ4n) is 1.18. The van der Waals surface area contributed by atoms with Gasteiger partial charge in [0.1, 0.15) is 11.3 Å². The number of rotatable bonds is 1. The van der Waals surface area contributed by atoms with Gasteiger partial charge in [0.15, 0.2) is 5.78 Å². The molecule has 0 radical (unpaired) electrons. The van der Waals surface area contributed by atoms with E-state index in [1.54, 1.807) is 6.07 Å². The van der Waals surface area contributed by atoms with Crippen molar-refractivity contribution in [1.82, 2.24) is 5.16 Å². The zero-order chi connectivity index (χ0) is 9.42. The van der Waals surface area contributed by atoms with Crippen LogP contribution >= 0.6 is 0 Å². The molecule has 2 aromatic rings. The molecule has 4 nitrogen and oxygen atoms in total. The van der Waals surface area contributed by atoms with Gasteiger partial charge in [-0.05, 0) is 18.2 Å². The van der Waals surface area contributed by atoms with E-state index in [-0.39, 0.29) is 17.3 Å². The Morgan fingerprint density at radius 1 is 1.54 bits per heavy atom. The lowest BCUT2D eigenvalue weighted by atomic mass is 10.2. The molecule has 0 fully saturated rings. The van der Waals surface area contributed by atoms with Crippen LogP contribution in [0.2, 0.25) is 0 Å². The molecule has 1 heterocycles. The first-order valence-electron chi connectivity index (χ1n) is 3.78. The van der Waals surface area contributed by atoms with Gasteiger partial charge in [0.25, 0.3) is 0 Å². The Balaban J connectivity index is 2.79. The average molecular weight is 177 g/mol. The fraction of sp³-hybridized carbons (Fsp3) is 0.111. The van der Waals surface area contributed by atoms with Crippen molar-refractivity contribution in [1.29, 1.82) is 0 Å². The quantitative estimate of drug-likeness (QED) is 0.674. The summed E-state index contributed by atoms with van der Waals surface area (Å²) in [4.78, 5) is 11.0. The summed E-state index contributed by atoms with van der Waals surface area (Å²) in [5.41, 5.74) is 0.572. The molecule has 0 aliphatic heterocycles. The Hall–Kier alpha value is -1.84. The SMILES string of the molecule is CC(=O)c1onc2ccc(O)cc12. The second-order valence-electron chi connectivity index (χ2n) is 2.77. The first-order valence-corrected chi connectivity index (χ1v) is 3.78. The summed E-state index contributed by atoms with van der Waals surface area (Å²) in [6.07, 6.45) is 0. The topological polar surface area (TPSA) is 63.3 Å². The molecular weight excluding hydrogens is 170 g/mol. The van der Waals surface area contributed by atoms with Crippen LogP contribution in [-0.4, -0.2) is 16.0 Å². The average Bonchev–Trinajstić information content (AvgIpc) is 2.46. The highest BCUT2D eigenvalue weighted by atomic mass is 16.5. The molecule has 66 valence electrons. The third-order valence-electron chi connectivity index (χ3n) is 1.78. The summed E-state index contributed by atoms with van der Waals surface area (Å²) in [7, 11) is 0. The van der Waals surface area contributed by atoms with Crippen LogP contribution in [0.15, 0.2) is 22.7 Å². The van der Waals surface area contributed by atoms with E-state index >= 15 is 0 Å². The van der Waals surface area contributed by atoms with Gasteiger partial charge < -0.3 is 9.63 Å². The Kier molecular flexibility index (Phi) is 1.55. The molecule has 1 aromatic heterocycles. The minimum atomic E-state index is -0.201. The Labute approximate surface area is 73.8 Å². The van der Waals surface area contributed by atoms with E-state index in [1.165, 1.54) is 19.1 Å². The number of carbonyl (C=O) groups excluding carboxylic acids is 1. The van der Waals surface area contributed by atoms with Crippen LogP contribution in [0.5, 0.6) is 5.75 Å². The van der Waals surface area contributed by atoms with Crippen LogP contribution in [-0.2, 0) is 0 Å². The first-order chi connectivity index (χ1) is 6.18. The molecule has 0 aliphatic rings. The molecule has 2 rings (SSSR count). The molecule has 0 unspecified atom stereocenters. The van der Waals surface area contributed by atoms with E-state index in [0.29, 0.717) is 10.9 Å². The zero-order valence-corrected chi connectivity index (χ0v) is 6.94. The Morgan fingerprint density at radius 3 is 3.00 bits per heavy atom. The number of phenols is 1. The second kappa shape index (κ2) is 2.58. The molecule has 1 N–H and O–H groups in total. The number of ketones is 1. The van der Waals surface area contributed by atoms with Crippen LogP contribution in [0.25, 0.3) is 10.9 Å². The third kappa shape index (κ3) is 1.16. The van der Waals surface area contributed by atoms with Crippen molar-refractivity contribution in [2.45, 2.75) is 6.92 Å². The Morgan fingerprint density at radius 2 is 2.31 bits per heavy atom. The highest BCUT2D eigenvalue weighted by Gasteiger charge is 2.12. The summed E-state index contributed by atoms with van der Waals surface area (Å²) >= 11 is 0. The molecule has 0 aliphatic carbocycles. The number of nitrogens with zero attached hydrogens (tertiary/aromatic N) is 1. The number of carbonyl (C=O) groups is 1. The van der Waals surface area contributed by atoms with Gasteiger partial charge in [-0.1, -0.05) is 5.16 Å². The van der Waals surface area contributed by atoms with Crippen molar-refractivity contribution in [2.24, 2.45) is 0 Å². The number of phenolic OH excluding ortho intramolecular Hbond substituents is 1. The van der Waals surface area contributed by atoms with Crippen LogP contribution in [0.1, 0.15) is 17.5 Å². The van der Waals surface area contributed by atoms with E-state index in [9.17, 15) is 9.90 Å². The molecule has 0 bridgehead atoms. The van der Waals surface area contributed by atoms with Crippen LogP contribution in [0.3, 0.4) is 0 Å². The number of hydrogen-bond acceptors (Lipinski definition) is 4. The summed E-state index contributed by atoms with van der Waals surface area (Å²) in [6.45, 7) is 1.39. The normalized spacial score (nSPS) is 10.5. The van der Waals surface area contributed by atoms with E-state index in [2.05, 4.69) is 5.16 Å². The maximum atomic E-state index is 11.0. The highest BCUT2D eigenvalue weighted by molar-refractivity contribution is 6.03. The van der Waals surface area contributed by atoms with Gasteiger partial charge in [-0.3, -0.25) is 4.79 Å². The molecule has 4 heteroatoms. The van der Waals surface area contributed by atoms with Crippen molar-refractivity contribution < 1.29 is 14.4 Å². The van der Waals surface area contributed by atoms with Crippen molar-refractivity contribution >= 4 is 16.7 Å². The Bertz CT molecular complexity index is 473. The lowest BCUT2D eigenvalue weighted by Crippen LogP contribution is -1.88. The maximum Gasteiger partial charge on any atom is 0.210 e. The lowest BCUT2D eigenvalue weighted by Gasteiger charge is -1.90. The monoisotopic (exact) mass is 177 g/mol. The summed E-state index contributed by atoms with van der Waals surface area (Å²) in [6, 6.07) is 4.55. The number of hydrogen-bond donors (Lipinski definition) is 1. The standard InChI is InChI=1S/C9H7NO3/c1-5(11)9-7-4-6(12)2-3-8(7)10-13-9/h2-4,12H,1H3. The van der Waals surface area contributed by atoms with Gasteiger partial charge in [0.05, 0.1) is 5.39 Å². The van der Waals surface area contributed by atoms with E-state index in [1.807, 2.05) is 0 Å². The van der Waals surface area contributed by atoms with Gasteiger partial charge in [0.2, 0.25) is 5.76 Å². The van der Waals surface area contributed by atoms with E-state index < -0.39 is 0 Å². The van der Waals surface area contributed by atoms with Crippen LogP contribution < -0.4 is 0 Å². The third-order valence-corrected chi connectivity index (χ3v) is 1.78. The van der Waals surface area contributed by atoms with Crippen molar-refractivity contribution in [2.75, 3.05) is 0 Å². The van der Waals surface area contributed by atoms with Crippen molar-refractivity contribution in [3.8, 4) is 5.75 Å². The summed E-state index contributed by atoms with van der Waals surface area (Å²) in [5, 5.41) is 13.4. The van der Waals surface area contributed by atoms with Crippen LogP contribution in [0, 0.1) is 0 Å². The van der Waals surface area contributed by atoms with Gasteiger partial charge in [-0.15, -0.1) is 0 Å². The maximum absolute atomic E-state index is 11.0. The molecule has 0 saturated heterocycles. The fourth-order valence-corrected chi connectivity index (χ4v) is 1.18. The van der Waals surface area contributed by atoms with Gasteiger partial charge in [-0.2, -0.15) is 0 Å². The smallest absolute Gasteiger partial charge is 0.210 e. The minimum Gasteiger partial charge on any atom is -0.508 e. The van der Waals surface area contributed by atoms with Gasteiger partial charge in [-0.25, -0.2) is 0 Å². The molecule has 0 saturated carbocycles. The molecule has 0 atom stereocenters. The van der Waals surface area contributed by atoms with Crippen molar-refractivity contribution in [3.63, 3.8) is 0 Å². The van der Waals surface area contributed by atoms with Gasteiger partial charge >= 0.3 is 0 Å². The summed E-state index contributed by atoms with van der Waals surface area (Å²) in [5.74, 6) is 0.0807. The minimum absolute atomic E-state index is 0.0956. The first kappa shape index (κ1) is 7.79. The van der Waals surface area contributed by atoms with E-state index in [4.69, 9.17) is 4.52 Å². The molecule has 0 spiro atoms. The molecule has 0 amide bonds.